The molecule has 1 aliphatic rings. The molecule has 0 aliphatic heterocycles. The van der Waals surface area contributed by atoms with E-state index in [0.717, 1.165) is 11.6 Å². The first-order chi connectivity index (χ1) is 10.4. The monoisotopic (exact) mass is 303 g/mol. The van der Waals surface area contributed by atoms with E-state index in [2.05, 4.69) is 53.6 Å². The van der Waals surface area contributed by atoms with E-state index in [1.54, 1.807) is 0 Å². The van der Waals surface area contributed by atoms with Crippen LogP contribution < -0.4 is 21.3 Å². The first kappa shape index (κ1) is 16.6. The average molecular weight is 303 g/mol. The molecule has 1 aromatic rings. The van der Waals surface area contributed by atoms with E-state index in [9.17, 15) is 0 Å². The molecule has 0 radical (unpaired) electrons. The molecule has 0 saturated heterocycles. The zero-order valence-corrected chi connectivity index (χ0v) is 14.2. The van der Waals surface area contributed by atoms with E-state index in [1.165, 1.54) is 18.5 Å². The SMILES string of the molecule is CN(C)c1ccc(NC(=NCC(C)(C)CN)NC2CC2)cc1. The number of rotatable bonds is 6. The Hall–Kier alpha value is -1.75. The predicted octanol–water partition coefficient (Wildman–Crippen LogP) is 2.26. The molecule has 1 fully saturated rings. The van der Waals surface area contributed by atoms with Crippen LogP contribution in [0.1, 0.15) is 26.7 Å². The Morgan fingerprint density at radius 3 is 2.41 bits per heavy atom. The summed E-state index contributed by atoms with van der Waals surface area (Å²) >= 11 is 0. The molecule has 1 aliphatic carbocycles. The van der Waals surface area contributed by atoms with Gasteiger partial charge in [-0.05, 0) is 49.1 Å². The van der Waals surface area contributed by atoms with Gasteiger partial charge in [0.1, 0.15) is 0 Å². The number of hydrogen-bond donors (Lipinski definition) is 3. The van der Waals surface area contributed by atoms with Gasteiger partial charge in [0.2, 0.25) is 0 Å². The van der Waals surface area contributed by atoms with Crippen molar-refractivity contribution < 1.29 is 0 Å². The summed E-state index contributed by atoms with van der Waals surface area (Å²) in [5.41, 5.74) is 8.04. The normalized spacial score (nSPS) is 15.6. The lowest BCUT2D eigenvalue weighted by Crippen LogP contribution is -2.35. The van der Waals surface area contributed by atoms with Crippen molar-refractivity contribution in [2.75, 3.05) is 37.4 Å². The number of nitrogens with two attached hydrogens (primary N) is 1. The van der Waals surface area contributed by atoms with Gasteiger partial charge in [-0.1, -0.05) is 13.8 Å². The molecule has 0 atom stereocenters. The third-order valence-electron chi connectivity index (χ3n) is 3.78. The zero-order valence-electron chi connectivity index (χ0n) is 14.2. The quantitative estimate of drug-likeness (QED) is 0.557. The number of aliphatic imine (C=N–C) groups is 1. The minimum absolute atomic E-state index is 0.0208. The van der Waals surface area contributed by atoms with Crippen LogP contribution in [0, 0.1) is 5.41 Å². The van der Waals surface area contributed by atoms with E-state index < -0.39 is 0 Å². The smallest absolute Gasteiger partial charge is 0.196 e. The fourth-order valence-corrected chi connectivity index (χ4v) is 1.88. The number of benzene rings is 1. The minimum Gasteiger partial charge on any atom is -0.378 e. The Morgan fingerprint density at radius 2 is 1.91 bits per heavy atom. The van der Waals surface area contributed by atoms with Crippen molar-refractivity contribution in [3.8, 4) is 0 Å². The Morgan fingerprint density at radius 1 is 1.27 bits per heavy atom. The summed E-state index contributed by atoms with van der Waals surface area (Å²) in [4.78, 5) is 6.79. The maximum atomic E-state index is 5.79. The van der Waals surface area contributed by atoms with Crippen LogP contribution in [-0.2, 0) is 0 Å². The van der Waals surface area contributed by atoms with Crippen LogP contribution in [0.5, 0.6) is 0 Å². The summed E-state index contributed by atoms with van der Waals surface area (Å²) in [6.07, 6.45) is 2.45. The van der Waals surface area contributed by atoms with Gasteiger partial charge in [-0.3, -0.25) is 4.99 Å². The highest BCUT2D eigenvalue weighted by atomic mass is 15.2. The van der Waals surface area contributed by atoms with Crippen molar-refractivity contribution in [2.24, 2.45) is 16.1 Å². The first-order valence-electron chi connectivity index (χ1n) is 7.95. The highest BCUT2D eigenvalue weighted by molar-refractivity contribution is 5.94. The minimum atomic E-state index is 0.0208. The first-order valence-corrected chi connectivity index (χ1v) is 7.95. The standard InChI is InChI=1S/C17H29N5/c1-17(2,11-18)12-19-16(20-13-5-6-13)21-14-7-9-15(10-8-14)22(3)4/h7-10,13H,5-6,11-12,18H2,1-4H3,(H2,19,20,21). The molecule has 0 unspecified atom stereocenters. The molecule has 122 valence electrons. The largest absolute Gasteiger partial charge is 0.378 e. The molecule has 0 aromatic heterocycles. The van der Waals surface area contributed by atoms with Crippen LogP contribution in [0.25, 0.3) is 0 Å². The molecule has 1 saturated carbocycles. The van der Waals surface area contributed by atoms with Gasteiger partial charge in [0.05, 0.1) is 0 Å². The second-order valence-corrected chi connectivity index (χ2v) is 7.02. The number of hydrogen-bond acceptors (Lipinski definition) is 3. The van der Waals surface area contributed by atoms with Crippen molar-refractivity contribution >= 4 is 17.3 Å². The van der Waals surface area contributed by atoms with Crippen LogP contribution in [0.4, 0.5) is 11.4 Å². The van der Waals surface area contributed by atoms with Gasteiger partial charge in [0, 0.05) is 38.1 Å². The van der Waals surface area contributed by atoms with Crippen molar-refractivity contribution in [1.29, 1.82) is 0 Å². The molecule has 0 spiro atoms. The Kier molecular flexibility index (Phi) is 5.29. The van der Waals surface area contributed by atoms with Crippen LogP contribution in [-0.4, -0.2) is 39.2 Å². The molecular weight excluding hydrogens is 274 g/mol. The molecule has 4 N–H and O–H groups in total. The van der Waals surface area contributed by atoms with Gasteiger partial charge in [0.15, 0.2) is 5.96 Å². The van der Waals surface area contributed by atoms with E-state index in [4.69, 9.17) is 10.7 Å². The number of nitrogens with one attached hydrogen (secondary N) is 2. The van der Waals surface area contributed by atoms with E-state index in [1.807, 2.05) is 14.1 Å². The number of anilines is 2. The summed E-state index contributed by atoms with van der Waals surface area (Å²) in [5, 5.41) is 6.85. The topological polar surface area (TPSA) is 65.7 Å². The fourth-order valence-electron chi connectivity index (χ4n) is 1.88. The molecule has 22 heavy (non-hydrogen) atoms. The van der Waals surface area contributed by atoms with E-state index in [0.29, 0.717) is 19.1 Å². The third kappa shape index (κ3) is 5.22. The second kappa shape index (κ2) is 7.01. The van der Waals surface area contributed by atoms with Gasteiger partial charge in [-0.25, -0.2) is 0 Å². The summed E-state index contributed by atoms with van der Waals surface area (Å²) in [6.45, 7) is 5.61. The molecular formula is C17H29N5. The Bertz CT molecular complexity index is 500. The molecule has 2 rings (SSSR count). The lowest BCUT2D eigenvalue weighted by Gasteiger charge is -2.21. The molecule has 0 amide bonds. The maximum Gasteiger partial charge on any atom is 0.196 e. The van der Waals surface area contributed by atoms with E-state index >= 15 is 0 Å². The van der Waals surface area contributed by atoms with Crippen LogP contribution >= 0.6 is 0 Å². The zero-order chi connectivity index (χ0) is 16.2. The van der Waals surface area contributed by atoms with Gasteiger partial charge >= 0.3 is 0 Å². The van der Waals surface area contributed by atoms with E-state index in [-0.39, 0.29) is 5.41 Å². The summed E-state index contributed by atoms with van der Waals surface area (Å²) in [6, 6.07) is 8.91. The fraction of sp³-hybridized carbons (Fsp3) is 0.588. The maximum absolute atomic E-state index is 5.79. The second-order valence-electron chi connectivity index (χ2n) is 7.02. The average Bonchev–Trinajstić information content (AvgIpc) is 3.29. The molecule has 5 nitrogen and oxygen atoms in total. The summed E-state index contributed by atoms with van der Waals surface area (Å²) in [5.74, 6) is 0.849. The third-order valence-corrected chi connectivity index (χ3v) is 3.78. The molecule has 0 heterocycles. The summed E-state index contributed by atoms with van der Waals surface area (Å²) in [7, 11) is 4.08. The van der Waals surface area contributed by atoms with Crippen molar-refractivity contribution in [1.82, 2.24) is 5.32 Å². The van der Waals surface area contributed by atoms with Gasteiger partial charge in [-0.15, -0.1) is 0 Å². The van der Waals surface area contributed by atoms with Gasteiger partial charge in [0.25, 0.3) is 0 Å². The van der Waals surface area contributed by atoms with Crippen LogP contribution in [0.3, 0.4) is 0 Å². The molecule has 5 heteroatoms. The highest BCUT2D eigenvalue weighted by Crippen LogP contribution is 2.20. The number of nitrogens with zero attached hydrogens (tertiary/aromatic N) is 2. The van der Waals surface area contributed by atoms with Gasteiger partial charge < -0.3 is 21.3 Å². The van der Waals surface area contributed by atoms with Crippen molar-refractivity contribution in [3.63, 3.8) is 0 Å². The summed E-state index contributed by atoms with van der Waals surface area (Å²) < 4.78 is 0. The lowest BCUT2D eigenvalue weighted by atomic mass is 9.94. The number of guanidine groups is 1. The van der Waals surface area contributed by atoms with Crippen LogP contribution in [0.2, 0.25) is 0 Å². The highest BCUT2D eigenvalue weighted by Gasteiger charge is 2.23. The molecule has 1 aromatic carbocycles. The van der Waals surface area contributed by atoms with Crippen LogP contribution in [0.15, 0.2) is 29.3 Å². The Labute approximate surface area is 134 Å². The molecule has 0 bridgehead atoms. The predicted molar refractivity (Wildman–Crippen MR) is 95.7 cm³/mol. The van der Waals surface area contributed by atoms with Crippen molar-refractivity contribution in [2.45, 2.75) is 32.7 Å². The van der Waals surface area contributed by atoms with Gasteiger partial charge in [-0.2, -0.15) is 0 Å². The van der Waals surface area contributed by atoms with Crippen molar-refractivity contribution in [3.05, 3.63) is 24.3 Å². The Balaban J connectivity index is 2.03. The lowest BCUT2D eigenvalue weighted by molar-refractivity contribution is 0.393.